The lowest BCUT2D eigenvalue weighted by molar-refractivity contribution is 0.466. The molecular weight excluding hydrogens is 319 g/mol. The van der Waals surface area contributed by atoms with Gasteiger partial charge >= 0.3 is 0 Å². The molecule has 0 spiro atoms. The maximum atomic E-state index is 12.4. The van der Waals surface area contributed by atoms with E-state index in [9.17, 15) is 8.42 Å². The molecule has 0 radical (unpaired) electrons. The molecule has 1 aromatic carbocycles. The fourth-order valence-electron chi connectivity index (χ4n) is 1.65. The van der Waals surface area contributed by atoms with Gasteiger partial charge in [-0.2, -0.15) is 4.31 Å². The fourth-order valence-corrected chi connectivity index (χ4v) is 3.20. The number of nitrogens with zero attached hydrogens (tertiary/aromatic N) is 2. The van der Waals surface area contributed by atoms with Crippen molar-refractivity contribution < 1.29 is 8.42 Å². The molecule has 0 N–H and O–H groups in total. The topological polar surface area (TPSA) is 50.3 Å². The van der Waals surface area contributed by atoms with E-state index in [2.05, 4.69) is 4.98 Å². The van der Waals surface area contributed by atoms with E-state index in [1.54, 1.807) is 24.5 Å². The molecule has 0 saturated heterocycles. The zero-order chi connectivity index (χ0) is 14.8. The van der Waals surface area contributed by atoms with Crippen molar-refractivity contribution in [2.75, 3.05) is 7.05 Å². The minimum Gasteiger partial charge on any atom is -0.265 e. The highest BCUT2D eigenvalue weighted by Gasteiger charge is 2.21. The van der Waals surface area contributed by atoms with Crippen LogP contribution in [-0.2, 0) is 16.6 Å². The Morgan fingerprint density at radius 3 is 2.35 bits per heavy atom. The van der Waals surface area contributed by atoms with Crippen molar-refractivity contribution >= 4 is 33.2 Å². The molecule has 1 heterocycles. The van der Waals surface area contributed by atoms with E-state index in [1.165, 1.54) is 29.6 Å². The number of hydrogen-bond donors (Lipinski definition) is 0. The third-order valence-corrected chi connectivity index (χ3v) is 5.29. The molecule has 0 unspecified atom stereocenters. The first-order valence-electron chi connectivity index (χ1n) is 5.71. The van der Waals surface area contributed by atoms with Gasteiger partial charge in [-0.05, 0) is 35.9 Å². The van der Waals surface area contributed by atoms with Gasteiger partial charge in [0.05, 0.1) is 14.9 Å². The summed E-state index contributed by atoms with van der Waals surface area (Å²) < 4.78 is 26.1. The number of hydrogen-bond acceptors (Lipinski definition) is 3. The monoisotopic (exact) mass is 330 g/mol. The van der Waals surface area contributed by atoms with Crippen LogP contribution < -0.4 is 0 Å². The number of rotatable bonds is 4. The third kappa shape index (κ3) is 3.30. The van der Waals surface area contributed by atoms with Crippen molar-refractivity contribution in [3.8, 4) is 0 Å². The van der Waals surface area contributed by atoms with Gasteiger partial charge in [-0.15, -0.1) is 0 Å². The molecule has 0 fully saturated rings. The van der Waals surface area contributed by atoms with E-state index < -0.39 is 10.0 Å². The molecule has 106 valence electrons. The summed E-state index contributed by atoms with van der Waals surface area (Å²) in [6.07, 6.45) is 3.24. The fraction of sp³-hybridized carbons (Fsp3) is 0.154. The lowest BCUT2D eigenvalue weighted by Gasteiger charge is -2.17. The van der Waals surface area contributed by atoms with Gasteiger partial charge in [0.15, 0.2) is 0 Å². The minimum atomic E-state index is -3.61. The molecule has 0 aliphatic carbocycles. The molecule has 2 aromatic rings. The maximum Gasteiger partial charge on any atom is 0.243 e. The number of pyridine rings is 1. The minimum absolute atomic E-state index is 0.114. The van der Waals surface area contributed by atoms with Gasteiger partial charge in [-0.1, -0.05) is 23.2 Å². The number of aromatic nitrogens is 1. The molecule has 0 aliphatic rings. The van der Waals surface area contributed by atoms with Gasteiger partial charge in [-0.3, -0.25) is 4.98 Å². The molecule has 0 bridgehead atoms. The zero-order valence-corrected chi connectivity index (χ0v) is 13.0. The standard InChI is InChI=1S/C13H12Cl2N2O2S/c1-17(9-10-4-6-16-7-5-10)20(18,19)11-2-3-12(14)13(15)8-11/h2-8H,9H2,1H3. The number of benzene rings is 1. The second-order valence-electron chi connectivity index (χ2n) is 4.19. The average molecular weight is 331 g/mol. The Bertz CT molecular complexity index is 706. The zero-order valence-electron chi connectivity index (χ0n) is 10.6. The van der Waals surface area contributed by atoms with Gasteiger partial charge < -0.3 is 0 Å². The van der Waals surface area contributed by atoms with Crippen molar-refractivity contribution in [2.24, 2.45) is 0 Å². The molecule has 7 heteroatoms. The van der Waals surface area contributed by atoms with E-state index >= 15 is 0 Å². The number of sulfonamides is 1. The molecular formula is C13H12Cl2N2O2S. The first kappa shape index (κ1) is 15.3. The quantitative estimate of drug-likeness (QED) is 0.864. The van der Waals surface area contributed by atoms with Crippen molar-refractivity contribution in [1.82, 2.24) is 9.29 Å². The van der Waals surface area contributed by atoms with Crippen LogP contribution in [0.25, 0.3) is 0 Å². The highest BCUT2D eigenvalue weighted by molar-refractivity contribution is 7.89. The van der Waals surface area contributed by atoms with Crippen molar-refractivity contribution in [3.63, 3.8) is 0 Å². The average Bonchev–Trinajstić information content (AvgIpc) is 2.42. The Hall–Kier alpha value is -1.14. The Labute approximate surface area is 128 Å². The third-order valence-electron chi connectivity index (χ3n) is 2.75. The number of halogens is 2. The molecule has 0 atom stereocenters. The van der Waals surface area contributed by atoms with E-state index in [1.807, 2.05) is 0 Å². The summed E-state index contributed by atoms with van der Waals surface area (Å²) in [7, 11) is -2.09. The normalized spacial score (nSPS) is 11.8. The lowest BCUT2D eigenvalue weighted by atomic mass is 10.3. The second-order valence-corrected chi connectivity index (χ2v) is 7.05. The van der Waals surface area contributed by atoms with Crippen LogP contribution in [0, 0.1) is 0 Å². The summed E-state index contributed by atoms with van der Waals surface area (Å²) in [5.41, 5.74) is 0.853. The summed E-state index contributed by atoms with van der Waals surface area (Å²) in [4.78, 5) is 4.01. The largest absolute Gasteiger partial charge is 0.265 e. The van der Waals surface area contributed by atoms with E-state index in [0.29, 0.717) is 5.02 Å². The molecule has 1 aromatic heterocycles. The Morgan fingerprint density at radius 2 is 1.75 bits per heavy atom. The van der Waals surface area contributed by atoms with Crippen LogP contribution in [0.15, 0.2) is 47.6 Å². The highest BCUT2D eigenvalue weighted by atomic mass is 35.5. The second kappa shape index (κ2) is 6.10. The van der Waals surface area contributed by atoms with Crippen molar-refractivity contribution in [1.29, 1.82) is 0 Å². The van der Waals surface area contributed by atoms with Crippen LogP contribution in [0.2, 0.25) is 10.0 Å². The Balaban J connectivity index is 2.27. The van der Waals surface area contributed by atoms with Crippen LogP contribution in [0.3, 0.4) is 0 Å². The predicted octanol–water partition coefficient (Wildman–Crippen LogP) is 3.21. The first-order chi connectivity index (χ1) is 9.41. The van der Waals surface area contributed by atoms with Gasteiger partial charge in [0, 0.05) is 26.0 Å². The Morgan fingerprint density at radius 1 is 1.10 bits per heavy atom. The molecule has 20 heavy (non-hydrogen) atoms. The van der Waals surface area contributed by atoms with Gasteiger partial charge in [0.1, 0.15) is 0 Å². The van der Waals surface area contributed by atoms with E-state index in [4.69, 9.17) is 23.2 Å². The molecule has 0 aliphatic heterocycles. The predicted molar refractivity (Wildman–Crippen MR) is 79.4 cm³/mol. The SMILES string of the molecule is CN(Cc1ccncc1)S(=O)(=O)c1ccc(Cl)c(Cl)c1. The van der Waals surface area contributed by atoms with Crippen LogP contribution in [0.5, 0.6) is 0 Å². The molecule has 0 amide bonds. The summed E-state index contributed by atoms with van der Waals surface area (Å²) >= 11 is 11.7. The summed E-state index contributed by atoms with van der Waals surface area (Å²) in [6, 6.07) is 7.79. The van der Waals surface area contributed by atoms with E-state index in [-0.39, 0.29) is 16.5 Å². The Kier molecular flexibility index (Phi) is 4.65. The van der Waals surface area contributed by atoms with Crippen LogP contribution in [0.4, 0.5) is 0 Å². The summed E-state index contributed by atoms with van der Waals surface area (Å²) in [5.74, 6) is 0. The van der Waals surface area contributed by atoms with Gasteiger partial charge in [0.25, 0.3) is 0 Å². The molecule has 0 saturated carbocycles. The summed E-state index contributed by atoms with van der Waals surface area (Å²) in [6.45, 7) is 0.255. The first-order valence-corrected chi connectivity index (χ1v) is 7.91. The molecule has 4 nitrogen and oxygen atoms in total. The maximum absolute atomic E-state index is 12.4. The van der Waals surface area contributed by atoms with Gasteiger partial charge in [-0.25, -0.2) is 8.42 Å². The van der Waals surface area contributed by atoms with Crippen molar-refractivity contribution in [3.05, 3.63) is 58.3 Å². The van der Waals surface area contributed by atoms with Crippen LogP contribution in [-0.4, -0.2) is 24.8 Å². The van der Waals surface area contributed by atoms with E-state index in [0.717, 1.165) is 5.56 Å². The lowest BCUT2D eigenvalue weighted by Crippen LogP contribution is -2.26. The van der Waals surface area contributed by atoms with Crippen molar-refractivity contribution in [2.45, 2.75) is 11.4 Å². The smallest absolute Gasteiger partial charge is 0.243 e. The van der Waals surface area contributed by atoms with Gasteiger partial charge in [0.2, 0.25) is 10.0 Å². The molecule has 2 rings (SSSR count). The van der Waals surface area contributed by atoms with Crippen LogP contribution >= 0.6 is 23.2 Å². The summed E-state index contributed by atoms with van der Waals surface area (Å²) in [5, 5.41) is 0.535. The van der Waals surface area contributed by atoms with Crippen LogP contribution in [0.1, 0.15) is 5.56 Å². The highest BCUT2D eigenvalue weighted by Crippen LogP contribution is 2.26.